The summed E-state index contributed by atoms with van der Waals surface area (Å²) in [5.74, 6) is 0. The Labute approximate surface area is 406 Å². The summed E-state index contributed by atoms with van der Waals surface area (Å²) < 4.78 is 7.34. The van der Waals surface area contributed by atoms with Crippen molar-refractivity contribution in [2.24, 2.45) is 0 Å². The van der Waals surface area contributed by atoms with Crippen LogP contribution in [0.25, 0.3) is 148 Å². The Kier molecular flexibility index (Phi) is 7.82. The molecule has 0 atom stereocenters. The van der Waals surface area contributed by atoms with Gasteiger partial charge < -0.3 is 13.7 Å². The van der Waals surface area contributed by atoms with Crippen LogP contribution in [0.5, 0.6) is 0 Å². The third kappa shape index (κ3) is 5.46. The summed E-state index contributed by atoms with van der Waals surface area (Å²) in [7, 11) is 0. The highest BCUT2D eigenvalue weighted by Crippen LogP contribution is 2.44. The van der Waals surface area contributed by atoms with Crippen LogP contribution in [-0.4, -0.2) is 23.7 Å². The summed E-state index contributed by atoms with van der Waals surface area (Å²) in [6, 6.07) is 84.6. The molecule has 5 heteroatoms. The molecule has 0 aliphatic rings. The van der Waals surface area contributed by atoms with E-state index in [0.717, 1.165) is 72.2 Å². The minimum absolute atomic E-state index is 0.909. The van der Waals surface area contributed by atoms with Gasteiger partial charge in [0.1, 0.15) is 0 Å². The lowest BCUT2D eigenvalue weighted by Gasteiger charge is -2.13. The first-order valence-electron chi connectivity index (χ1n) is 24.3. The normalized spacial score (nSPS) is 12.2. The largest absolute Gasteiger partial charge is 0.309 e. The maximum Gasteiger partial charge on any atom is 0.0972 e. The number of para-hydroxylation sites is 3. The fraction of sp³-hybridized carbons (Fsp3) is 0. The number of benzene rings is 11. The molecule has 5 heterocycles. The minimum Gasteiger partial charge on any atom is -0.309 e. The zero-order chi connectivity index (χ0) is 46.3. The monoisotopic (exact) mass is 901 g/mol. The Balaban J connectivity index is 1.01. The molecule has 0 aliphatic heterocycles. The standard InChI is InChI=1S/C66H39N5/c1-2-14-43(15-3-1)69-61-32-28-44(70-59-22-10-8-20-50(59)51-21-9-11-23-60(51)70)36-55(61)56-37-45(29-33-62(56)69)71-63-35-42(58-31-27-41-25-24-40-13-12-34-67-65(40)66(41)68-58)26-30-52(63)57-38-53-48-18-6-4-16-46(48)47-17-5-7-19-49(47)54(53)39-64(57)71/h1-39H. The molecular formula is C66H39N5. The van der Waals surface area contributed by atoms with Crippen molar-refractivity contribution in [1.82, 2.24) is 23.7 Å². The molecule has 11 aromatic carbocycles. The first-order valence-corrected chi connectivity index (χ1v) is 24.3. The zero-order valence-electron chi connectivity index (χ0n) is 38.3. The van der Waals surface area contributed by atoms with Gasteiger partial charge in [0, 0.05) is 71.9 Å². The highest BCUT2D eigenvalue weighted by Gasteiger charge is 2.21. The van der Waals surface area contributed by atoms with E-state index < -0.39 is 0 Å². The smallest absolute Gasteiger partial charge is 0.0972 e. The van der Waals surface area contributed by atoms with E-state index in [0.29, 0.717) is 0 Å². The second-order valence-electron chi connectivity index (χ2n) is 18.9. The number of pyridine rings is 2. The van der Waals surface area contributed by atoms with Crippen molar-refractivity contribution in [1.29, 1.82) is 0 Å². The SMILES string of the molecule is c1ccc(-n2c3ccc(-n4c5ccccc5c5ccccc54)cc3c3cc(-n4c5cc(-c6ccc7ccc8cccnc8c7n6)ccc5c5cc6c7ccccc7c7ccccc7c6cc54)ccc32)cc1. The molecule has 328 valence electrons. The van der Waals surface area contributed by atoms with Gasteiger partial charge in [0.05, 0.1) is 49.8 Å². The molecule has 0 unspecified atom stereocenters. The van der Waals surface area contributed by atoms with Gasteiger partial charge >= 0.3 is 0 Å². The van der Waals surface area contributed by atoms with Gasteiger partial charge in [-0.25, -0.2) is 4.98 Å². The van der Waals surface area contributed by atoms with Crippen molar-refractivity contribution in [2.75, 3.05) is 0 Å². The first kappa shape index (κ1) is 38.4. The molecule has 0 bridgehead atoms. The average molecular weight is 902 g/mol. The van der Waals surface area contributed by atoms with Gasteiger partial charge in [0.15, 0.2) is 0 Å². The molecule has 0 aliphatic carbocycles. The van der Waals surface area contributed by atoms with Crippen LogP contribution < -0.4 is 0 Å². The number of nitrogens with zero attached hydrogens (tertiary/aromatic N) is 5. The van der Waals surface area contributed by atoms with Gasteiger partial charge in [0.2, 0.25) is 0 Å². The molecule has 0 spiro atoms. The Morgan fingerprint density at radius 2 is 0.732 bits per heavy atom. The molecule has 0 fully saturated rings. The van der Waals surface area contributed by atoms with Crippen LogP contribution in [0, 0.1) is 0 Å². The van der Waals surface area contributed by atoms with E-state index in [4.69, 9.17) is 9.97 Å². The molecule has 5 nitrogen and oxygen atoms in total. The molecular weight excluding hydrogens is 863 g/mol. The Morgan fingerprint density at radius 3 is 1.39 bits per heavy atom. The quantitative estimate of drug-likeness (QED) is 0.165. The van der Waals surface area contributed by atoms with Gasteiger partial charge in [-0.2, -0.15) is 0 Å². The summed E-state index contributed by atoms with van der Waals surface area (Å²) in [6.07, 6.45) is 1.86. The number of hydrogen-bond donors (Lipinski definition) is 0. The fourth-order valence-electron chi connectivity index (χ4n) is 12.1. The van der Waals surface area contributed by atoms with Crippen LogP contribution in [0.4, 0.5) is 0 Å². The van der Waals surface area contributed by atoms with Crippen LogP contribution in [0.1, 0.15) is 0 Å². The van der Waals surface area contributed by atoms with Gasteiger partial charge in [-0.05, 0) is 123 Å². The topological polar surface area (TPSA) is 40.6 Å². The maximum atomic E-state index is 5.35. The van der Waals surface area contributed by atoms with Crippen LogP contribution in [0.2, 0.25) is 0 Å². The van der Waals surface area contributed by atoms with E-state index in [1.165, 1.54) is 75.7 Å². The highest BCUT2D eigenvalue weighted by molar-refractivity contribution is 6.29. The van der Waals surface area contributed by atoms with Gasteiger partial charge in [0.25, 0.3) is 0 Å². The minimum atomic E-state index is 0.909. The highest BCUT2D eigenvalue weighted by atomic mass is 15.0. The summed E-state index contributed by atoms with van der Waals surface area (Å²) in [5.41, 5.74) is 14.1. The summed E-state index contributed by atoms with van der Waals surface area (Å²) in [6.45, 7) is 0. The van der Waals surface area contributed by atoms with E-state index in [1.807, 2.05) is 12.3 Å². The van der Waals surface area contributed by atoms with Crippen LogP contribution in [0.15, 0.2) is 237 Å². The lowest BCUT2D eigenvalue weighted by atomic mass is 9.93. The third-order valence-corrected chi connectivity index (χ3v) is 15.2. The number of aromatic nitrogens is 5. The van der Waals surface area contributed by atoms with E-state index in [-0.39, 0.29) is 0 Å². The Hall–Kier alpha value is -9.58. The first-order chi connectivity index (χ1) is 35.2. The molecule has 16 rings (SSSR count). The van der Waals surface area contributed by atoms with Crippen molar-refractivity contribution in [2.45, 2.75) is 0 Å². The predicted molar refractivity (Wildman–Crippen MR) is 298 cm³/mol. The van der Waals surface area contributed by atoms with Gasteiger partial charge in [-0.15, -0.1) is 0 Å². The fourth-order valence-corrected chi connectivity index (χ4v) is 12.1. The lowest BCUT2D eigenvalue weighted by molar-refractivity contribution is 1.16. The Bertz CT molecular complexity index is 4880. The van der Waals surface area contributed by atoms with Gasteiger partial charge in [-0.3, -0.25) is 4.98 Å². The summed E-state index contributed by atoms with van der Waals surface area (Å²) >= 11 is 0. The van der Waals surface area contributed by atoms with E-state index >= 15 is 0 Å². The van der Waals surface area contributed by atoms with Crippen LogP contribution >= 0.6 is 0 Å². The number of fused-ring (bicyclic) bond motifs is 18. The third-order valence-electron chi connectivity index (χ3n) is 15.2. The second kappa shape index (κ2) is 14.5. The van der Waals surface area contributed by atoms with Crippen molar-refractivity contribution < 1.29 is 0 Å². The zero-order valence-corrected chi connectivity index (χ0v) is 38.3. The molecule has 5 aromatic heterocycles. The van der Waals surface area contributed by atoms with E-state index in [1.54, 1.807) is 0 Å². The van der Waals surface area contributed by atoms with Crippen molar-refractivity contribution in [3.8, 4) is 28.3 Å². The molecule has 0 saturated carbocycles. The average Bonchev–Trinajstić information content (AvgIpc) is 4.07. The van der Waals surface area contributed by atoms with Crippen LogP contribution in [0.3, 0.4) is 0 Å². The molecule has 0 radical (unpaired) electrons. The molecule has 71 heavy (non-hydrogen) atoms. The van der Waals surface area contributed by atoms with Crippen molar-refractivity contribution in [3.05, 3.63) is 237 Å². The second-order valence-corrected chi connectivity index (χ2v) is 18.9. The van der Waals surface area contributed by atoms with E-state index in [2.05, 4.69) is 238 Å². The molecule has 16 aromatic rings. The Morgan fingerprint density at radius 1 is 0.254 bits per heavy atom. The van der Waals surface area contributed by atoms with Gasteiger partial charge in [-0.1, -0.05) is 140 Å². The number of rotatable bonds is 4. The maximum absolute atomic E-state index is 5.35. The molecule has 0 saturated heterocycles. The predicted octanol–water partition coefficient (Wildman–Crippen LogP) is 17.2. The van der Waals surface area contributed by atoms with Crippen molar-refractivity contribution in [3.63, 3.8) is 0 Å². The lowest BCUT2D eigenvalue weighted by Crippen LogP contribution is -1.96. The van der Waals surface area contributed by atoms with E-state index in [9.17, 15) is 0 Å². The van der Waals surface area contributed by atoms with Crippen molar-refractivity contribution >= 4 is 120 Å². The molecule has 0 N–H and O–H groups in total. The molecule has 0 amide bonds. The number of hydrogen-bond acceptors (Lipinski definition) is 2. The van der Waals surface area contributed by atoms with Crippen LogP contribution in [-0.2, 0) is 0 Å². The summed E-state index contributed by atoms with van der Waals surface area (Å²) in [4.78, 5) is 10.1. The summed E-state index contributed by atoms with van der Waals surface area (Å²) in [5, 5.41) is 17.0.